The van der Waals surface area contributed by atoms with Gasteiger partial charge < -0.3 is 10.2 Å². The monoisotopic (exact) mass is 301 g/mol. The minimum Gasteiger partial charge on any atom is -0.318 e. The fourth-order valence-corrected chi connectivity index (χ4v) is 3.58. The van der Waals surface area contributed by atoms with Crippen LogP contribution in [0.1, 0.15) is 35.9 Å². The Morgan fingerprint density at radius 3 is 2.71 bits per heavy atom. The zero-order valence-corrected chi connectivity index (χ0v) is 13.8. The summed E-state index contributed by atoms with van der Waals surface area (Å²) in [5.41, 5.74) is 3.72. The summed E-state index contributed by atoms with van der Waals surface area (Å²) in [6, 6.07) is 9.27. The van der Waals surface area contributed by atoms with E-state index in [0.29, 0.717) is 0 Å². The van der Waals surface area contributed by atoms with E-state index in [2.05, 4.69) is 55.3 Å². The number of hydrogen-bond acceptors (Lipinski definition) is 4. The molecule has 112 valence electrons. The Morgan fingerprint density at radius 1 is 1.29 bits per heavy atom. The van der Waals surface area contributed by atoms with Crippen molar-refractivity contribution in [3.8, 4) is 0 Å². The highest BCUT2D eigenvalue weighted by molar-refractivity contribution is 7.15. The van der Waals surface area contributed by atoms with Crippen molar-refractivity contribution in [2.75, 3.05) is 11.4 Å². The average molecular weight is 301 g/mol. The number of aryl methyl sites for hydroxylation is 2. The van der Waals surface area contributed by atoms with Crippen molar-refractivity contribution in [3.63, 3.8) is 0 Å². The van der Waals surface area contributed by atoms with Crippen LogP contribution in [0.2, 0.25) is 0 Å². The Labute approximate surface area is 131 Å². The molecule has 0 atom stereocenters. The van der Waals surface area contributed by atoms with Gasteiger partial charge in [0.15, 0.2) is 5.13 Å². The van der Waals surface area contributed by atoms with Crippen LogP contribution in [0.4, 0.5) is 10.8 Å². The number of nitrogens with zero attached hydrogens (tertiary/aromatic N) is 2. The SMILES string of the molecule is CCN(c1nc(C)c(CNC2CC2)s1)c1ccccc1C. The number of aromatic nitrogens is 1. The first kappa shape index (κ1) is 14.5. The first-order valence-electron chi connectivity index (χ1n) is 7.72. The number of para-hydroxylation sites is 1. The van der Waals surface area contributed by atoms with E-state index in [0.717, 1.165) is 30.0 Å². The lowest BCUT2D eigenvalue weighted by Gasteiger charge is -2.21. The molecule has 3 nitrogen and oxygen atoms in total. The van der Waals surface area contributed by atoms with Gasteiger partial charge >= 0.3 is 0 Å². The number of benzene rings is 1. The molecule has 3 rings (SSSR count). The molecule has 1 aromatic carbocycles. The third-order valence-electron chi connectivity index (χ3n) is 3.96. The zero-order valence-electron chi connectivity index (χ0n) is 13.0. The highest BCUT2D eigenvalue weighted by atomic mass is 32.1. The lowest BCUT2D eigenvalue weighted by Crippen LogP contribution is -2.16. The maximum absolute atomic E-state index is 4.80. The molecule has 1 N–H and O–H groups in total. The number of thiazole rings is 1. The molecule has 0 spiro atoms. The topological polar surface area (TPSA) is 28.2 Å². The highest BCUT2D eigenvalue weighted by Crippen LogP contribution is 2.33. The van der Waals surface area contributed by atoms with Gasteiger partial charge in [0.1, 0.15) is 0 Å². The number of rotatable bonds is 6. The molecule has 21 heavy (non-hydrogen) atoms. The van der Waals surface area contributed by atoms with Gasteiger partial charge in [0.05, 0.1) is 5.69 Å². The predicted octanol–water partition coefficient (Wildman–Crippen LogP) is 4.17. The Balaban J connectivity index is 1.83. The van der Waals surface area contributed by atoms with Crippen LogP contribution in [0, 0.1) is 13.8 Å². The van der Waals surface area contributed by atoms with E-state index >= 15 is 0 Å². The van der Waals surface area contributed by atoms with Crippen LogP contribution in [0.3, 0.4) is 0 Å². The molecule has 1 fully saturated rings. The summed E-state index contributed by atoms with van der Waals surface area (Å²) in [5.74, 6) is 0. The zero-order chi connectivity index (χ0) is 14.8. The molecule has 1 heterocycles. The number of hydrogen-bond donors (Lipinski definition) is 1. The molecule has 0 radical (unpaired) electrons. The van der Waals surface area contributed by atoms with Crippen molar-refractivity contribution in [1.29, 1.82) is 0 Å². The van der Waals surface area contributed by atoms with Crippen molar-refractivity contribution in [2.24, 2.45) is 0 Å². The summed E-state index contributed by atoms with van der Waals surface area (Å²) in [5, 5.41) is 4.70. The smallest absolute Gasteiger partial charge is 0.190 e. The molecular weight excluding hydrogens is 278 g/mol. The van der Waals surface area contributed by atoms with Crippen molar-refractivity contribution < 1.29 is 0 Å². The standard InChI is InChI=1S/C17H23N3S/c1-4-20(15-8-6-5-7-12(15)2)17-19-13(3)16(21-17)11-18-14-9-10-14/h5-8,14,18H,4,9-11H2,1-3H3. The Hall–Kier alpha value is -1.39. The Bertz CT molecular complexity index is 616. The fraction of sp³-hybridized carbons (Fsp3) is 0.471. The molecule has 1 aliphatic rings. The predicted molar refractivity (Wildman–Crippen MR) is 90.6 cm³/mol. The van der Waals surface area contributed by atoms with E-state index in [-0.39, 0.29) is 0 Å². The summed E-state index contributed by atoms with van der Waals surface area (Å²) in [7, 11) is 0. The van der Waals surface area contributed by atoms with Crippen LogP contribution in [0.25, 0.3) is 0 Å². The molecule has 0 amide bonds. The van der Waals surface area contributed by atoms with Crippen LogP contribution in [-0.2, 0) is 6.54 Å². The van der Waals surface area contributed by atoms with Gasteiger partial charge in [-0.3, -0.25) is 0 Å². The molecule has 1 aromatic heterocycles. The second-order valence-corrected chi connectivity index (χ2v) is 6.75. The van der Waals surface area contributed by atoms with Gasteiger partial charge in [-0.15, -0.1) is 0 Å². The number of nitrogens with one attached hydrogen (secondary N) is 1. The third kappa shape index (κ3) is 3.27. The van der Waals surface area contributed by atoms with Crippen LogP contribution in [-0.4, -0.2) is 17.6 Å². The van der Waals surface area contributed by atoms with E-state index in [9.17, 15) is 0 Å². The Morgan fingerprint density at radius 2 is 2.05 bits per heavy atom. The van der Waals surface area contributed by atoms with Gasteiger partial charge in [0.25, 0.3) is 0 Å². The fourth-order valence-electron chi connectivity index (χ4n) is 2.49. The molecule has 1 saturated carbocycles. The maximum atomic E-state index is 4.80. The summed E-state index contributed by atoms with van der Waals surface area (Å²) in [6.07, 6.45) is 2.66. The third-order valence-corrected chi connectivity index (χ3v) is 5.14. The van der Waals surface area contributed by atoms with Gasteiger partial charge in [-0.05, 0) is 45.2 Å². The summed E-state index contributed by atoms with van der Waals surface area (Å²) >= 11 is 1.82. The quantitative estimate of drug-likeness (QED) is 0.868. The molecule has 4 heteroatoms. The van der Waals surface area contributed by atoms with Crippen molar-refractivity contribution in [2.45, 2.75) is 46.2 Å². The molecular formula is C17H23N3S. The number of anilines is 2. The van der Waals surface area contributed by atoms with E-state index in [1.807, 2.05) is 11.3 Å². The van der Waals surface area contributed by atoms with Crippen LogP contribution in [0.5, 0.6) is 0 Å². The molecule has 0 bridgehead atoms. The lowest BCUT2D eigenvalue weighted by molar-refractivity contribution is 0.691. The minimum atomic E-state index is 0.744. The molecule has 0 unspecified atom stereocenters. The molecule has 2 aromatic rings. The van der Waals surface area contributed by atoms with E-state index in [1.54, 1.807) is 0 Å². The van der Waals surface area contributed by atoms with Gasteiger partial charge in [-0.1, -0.05) is 29.5 Å². The molecule has 1 aliphatic carbocycles. The van der Waals surface area contributed by atoms with Gasteiger partial charge in [-0.2, -0.15) is 0 Å². The highest BCUT2D eigenvalue weighted by Gasteiger charge is 2.22. The Kier molecular flexibility index (Phi) is 4.27. The lowest BCUT2D eigenvalue weighted by atomic mass is 10.2. The van der Waals surface area contributed by atoms with Crippen molar-refractivity contribution >= 4 is 22.2 Å². The van der Waals surface area contributed by atoms with Crippen LogP contribution in [0.15, 0.2) is 24.3 Å². The van der Waals surface area contributed by atoms with Crippen LogP contribution >= 0.6 is 11.3 Å². The van der Waals surface area contributed by atoms with Crippen LogP contribution < -0.4 is 10.2 Å². The second kappa shape index (κ2) is 6.16. The van der Waals surface area contributed by atoms with Gasteiger partial charge in [0, 0.05) is 29.7 Å². The largest absolute Gasteiger partial charge is 0.318 e. The van der Waals surface area contributed by atoms with Gasteiger partial charge in [0.2, 0.25) is 0 Å². The normalized spacial score (nSPS) is 14.4. The van der Waals surface area contributed by atoms with E-state index in [1.165, 1.54) is 29.0 Å². The summed E-state index contributed by atoms with van der Waals surface area (Å²) in [4.78, 5) is 8.48. The summed E-state index contributed by atoms with van der Waals surface area (Å²) < 4.78 is 0. The molecule has 0 aliphatic heterocycles. The summed E-state index contributed by atoms with van der Waals surface area (Å²) in [6.45, 7) is 8.36. The van der Waals surface area contributed by atoms with E-state index in [4.69, 9.17) is 4.98 Å². The van der Waals surface area contributed by atoms with Crippen molar-refractivity contribution in [3.05, 3.63) is 40.4 Å². The second-order valence-electron chi connectivity index (χ2n) is 5.69. The van der Waals surface area contributed by atoms with Crippen molar-refractivity contribution in [1.82, 2.24) is 10.3 Å². The first-order valence-corrected chi connectivity index (χ1v) is 8.53. The van der Waals surface area contributed by atoms with E-state index < -0.39 is 0 Å². The minimum absolute atomic E-state index is 0.744. The first-order chi connectivity index (χ1) is 10.2. The van der Waals surface area contributed by atoms with Gasteiger partial charge in [-0.25, -0.2) is 4.98 Å². The average Bonchev–Trinajstić information content (AvgIpc) is 3.23. The molecule has 0 saturated heterocycles. The maximum Gasteiger partial charge on any atom is 0.190 e.